The molecule has 5 heteroatoms. The van der Waals surface area contributed by atoms with Crippen LogP contribution in [0.4, 0.5) is 0 Å². The summed E-state index contributed by atoms with van der Waals surface area (Å²) in [7, 11) is 1.79. The van der Waals surface area contributed by atoms with Crippen LogP contribution in [0.15, 0.2) is 6.20 Å². The van der Waals surface area contributed by atoms with E-state index < -0.39 is 0 Å². The quantitative estimate of drug-likeness (QED) is 0.727. The lowest BCUT2D eigenvalue weighted by Gasteiger charge is -2.20. The van der Waals surface area contributed by atoms with E-state index >= 15 is 0 Å². The Morgan fingerprint density at radius 1 is 1.67 bits per heavy atom. The van der Waals surface area contributed by atoms with Gasteiger partial charge in [0.2, 0.25) is 0 Å². The van der Waals surface area contributed by atoms with E-state index in [9.17, 15) is 4.79 Å². The van der Waals surface area contributed by atoms with Crippen molar-refractivity contribution in [3.63, 3.8) is 0 Å². The molecule has 0 spiro atoms. The molecule has 5 nitrogen and oxygen atoms in total. The summed E-state index contributed by atoms with van der Waals surface area (Å²) in [6.07, 6.45) is 4.87. The first-order chi connectivity index (χ1) is 7.25. The summed E-state index contributed by atoms with van der Waals surface area (Å²) < 4.78 is 7.02. The van der Waals surface area contributed by atoms with Gasteiger partial charge in [0.15, 0.2) is 5.78 Å². The van der Waals surface area contributed by atoms with Gasteiger partial charge in [-0.05, 0) is 19.3 Å². The lowest BCUT2D eigenvalue weighted by molar-refractivity contribution is -0.132. The van der Waals surface area contributed by atoms with Crippen molar-refractivity contribution in [2.45, 2.75) is 31.8 Å². The highest BCUT2D eigenvalue weighted by Crippen LogP contribution is 2.14. The molecule has 0 amide bonds. The molecule has 1 saturated heterocycles. The Morgan fingerprint density at radius 3 is 3.13 bits per heavy atom. The Hall–Kier alpha value is -1.23. The molecule has 0 aliphatic carbocycles. The van der Waals surface area contributed by atoms with E-state index in [0.717, 1.165) is 25.0 Å². The first-order valence-electron chi connectivity index (χ1n) is 5.25. The van der Waals surface area contributed by atoms with Crippen LogP contribution in [0.3, 0.4) is 0 Å². The monoisotopic (exact) mass is 209 g/mol. The van der Waals surface area contributed by atoms with E-state index in [0.29, 0.717) is 13.0 Å². The molecule has 0 bridgehead atoms. The van der Waals surface area contributed by atoms with Gasteiger partial charge in [-0.25, -0.2) is 0 Å². The maximum absolute atomic E-state index is 11.8. The van der Waals surface area contributed by atoms with E-state index in [1.54, 1.807) is 17.9 Å². The minimum absolute atomic E-state index is 0.121. The second-order valence-corrected chi connectivity index (χ2v) is 3.88. The van der Waals surface area contributed by atoms with Crippen LogP contribution in [-0.4, -0.2) is 33.5 Å². The lowest BCUT2D eigenvalue weighted by Crippen LogP contribution is -2.29. The molecule has 1 aliphatic rings. The Labute approximate surface area is 88.4 Å². The zero-order valence-corrected chi connectivity index (χ0v) is 8.85. The van der Waals surface area contributed by atoms with Gasteiger partial charge < -0.3 is 4.74 Å². The number of carbonyl (C=O) groups excluding carboxylic acids is 1. The molecule has 1 fully saturated rings. The number of carbonyl (C=O) groups is 1. The lowest BCUT2D eigenvalue weighted by atomic mass is 10.0. The van der Waals surface area contributed by atoms with Crippen molar-refractivity contribution in [2.75, 3.05) is 6.61 Å². The molecule has 2 heterocycles. The maximum Gasteiger partial charge on any atom is 0.167 e. The summed E-state index contributed by atoms with van der Waals surface area (Å²) in [5.41, 5.74) is 0.719. The predicted molar refractivity (Wildman–Crippen MR) is 53.3 cm³/mol. The van der Waals surface area contributed by atoms with Crippen LogP contribution in [0.5, 0.6) is 0 Å². The number of rotatable bonds is 3. The highest BCUT2D eigenvalue weighted by atomic mass is 16.5. The van der Waals surface area contributed by atoms with Gasteiger partial charge in [-0.2, -0.15) is 0 Å². The number of nitrogens with zero attached hydrogens (tertiary/aromatic N) is 3. The average molecular weight is 209 g/mol. The largest absolute Gasteiger partial charge is 0.370 e. The number of ketones is 1. The first kappa shape index (κ1) is 10.3. The number of hydrogen-bond donors (Lipinski definition) is 0. The minimum Gasteiger partial charge on any atom is -0.370 e. The minimum atomic E-state index is -0.222. The van der Waals surface area contributed by atoms with Crippen molar-refractivity contribution < 1.29 is 9.53 Å². The fraction of sp³-hybridized carbons (Fsp3) is 0.700. The van der Waals surface area contributed by atoms with Crippen LogP contribution < -0.4 is 0 Å². The van der Waals surface area contributed by atoms with Gasteiger partial charge >= 0.3 is 0 Å². The average Bonchev–Trinajstić information content (AvgIpc) is 2.65. The molecule has 0 saturated carbocycles. The van der Waals surface area contributed by atoms with Crippen molar-refractivity contribution in [1.29, 1.82) is 0 Å². The summed E-state index contributed by atoms with van der Waals surface area (Å²) >= 11 is 0. The van der Waals surface area contributed by atoms with Crippen LogP contribution in [0.25, 0.3) is 0 Å². The second-order valence-electron chi connectivity index (χ2n) is 3.88. The normalized spacial score (nSPS) is 21.5. The molecule has 1 atom stereocenters. The fourth-order valence-corrected chi connectivity index (χ4v) is 1.76. The first-order valence-corrected chi connectivity index (χ1v) is 5.25. The number of aryl methyl sites for hydroxylation is 1. The van der Waals surface area contributed by atoms with Crippen LogP contribution in [0.1, 0.15) is 25.0 Å². The van der Waals surface area contributed by atoms with Crippen molar-refractivity contribution in [3.05, 3.63) is 11.9 Å². The molecule has 2 rings (SSSR count). The number of Topliss-reactive ketones (excluding diaryl/α,β-unsaturated/α-hetero) is 1. The van der Waals surface area contributed by atoms with E-state index in [1.807, 2.05) is 0 Å². The van der Waals surface area contributed by atoms with Crippen molar-refractivity contribution >= 4 is 5.78 Å². The Balaban J connectivity index is 1.91. The number of ether oxygens (including phenoxy) is 1. The molecule has 1 aliphatic heterocycles. The van der Waals surface area contributed by atoms with Gasteiger partial charge in [0.05, 0.1) is 12.1 Å². The maximum atomic E-state index is 11.8. The third-order valence-corrected chi connectivity index (χ3v) is 2.54. The molecular weight excluding hydrogens is 194 g/mol. The molecule has 82 valence electrons. The van der Waals surface area contributed by atoms with E-state index in [1.165, 1.54) is 0 Å². The molecular formula is C10H15N3O2. The highest BCUT2D eigenvalue weighted by molar-refractivity contribution is 5.84. The molecule has 1 aromatic heterocycles. The fourth-order valence-electron chi connectivity index (χ4n) is 1.76. The van der Waals surface area contributed by atoms with E-state index in [2.05, 4.69) is 10.3 Å². The van der Waals surface area contributed by atoms with Gasteiger partial charge in [0, 0.05) is 19.9 Å². The molecule has 1 unspecified atom stereocenters. The standard InChI is InChI=1S/C10H15N3O2/c1-13-7-8(11-12-13)6-9(14)10-4-2-3-5-15-10/h7,10H,2-6H2,1H3. The Morgan fingerprint density at radius 2 is 2.53 bits per heavy atom. The molecule has 1 aromatic rings. The van der Waals surface area contributed by atoms with Crippen LogP contribution in [0, 0.1) is 0 Å². The topological polar surface area (TPSA) is 57.0 Å². The summed E-state index contributed by atoms with van der Waals surface area (Å²) in [6.45, 7) is 0.705. The van der Waals surface area contributed by atoms with Crippen molar-refractivity contribution in [2.24, 2.45) is 7.05 Å². The molecule has 0 aromatic carbocycles. The van der Waals surface area contributed by atoms with Crippen LogP contribution in [-0.2, 0) is 23.0 Å². The Bertz CT molecular complexity index is 342. The summed E-state index contributed by atoms with van der Waals surface area (Å²) in [5.74, 6) is 0.121. The third kappa shape index (κ3) is 2.62. The smallest absolute Gasteiger partial charge is 0.167 e. The zero-order chi connectivity index (χ0) is 10.7. The van der Waals surface area contributed by atoms with Gasteiger partial charge in [0.1, 0.15) is 6.10 Å². The highest BCUT2D eigenvalue weighted by Gasteiger charge is 2.22. The third-order valence-electron chi connectivity index (χ3n) is 2.54. The molecule has 15 heavy (non-hydrogen) atoms. The Kier molecular flexibility index (Phi) is 3.11. The van der Waals surface area contributed by atoms with E-state index in [4.69, 9.17) is 4.74 Å². The van der Waals surface area contributed by atoms with Crippen LogP contribution >= 0.6 is 0 Å². The molecule has 0 radical (unpaired) electrons. The van der Waals surface area contributed by atoms with Gasteiger partial charge in [0.25, 0.3) is 0 Å². The predicted octanol–water partition coefficient (Wildman–Crippen LogP) is 0.496. The van der Waals surface area contributed by atoms with Gasteiger partial charge in [-0.3, -0.25) is 9.48 Å². The SMILES string of the molecule is Cn1cc(CC(=O)C2CCCCO2)nn1. The summed E-state index contributed by atoms with van der Waals surface area (Å²) in [5, 5.41) is 7.68. The zero-order valence-electron chi connectivity index (χ0n) is 8.85. The van der Waals surface area contributed by atoms with Gasteiger partial charge in [-0.1, -0.05) is 5.21 Å². The van der Waals surface area contributed by atoms with E-state index in [-0.39, 0.29) is 11.9 Å². The van der Waals surface area contributed by atoms with Gasteiger partial charge in [-0.15, -0.1) is 5.10 Å². The number of hydrogen-bond acceptors (Lipinski definition) is 4. The van der Waals surface area contributed by atoms with Crippen molar-refractivity contribution in [1.82, 2.24) is 15.0 Å². The van der Waals surface area contributed by atoms with Crippen molar-refractivity contribution in [3.8, 4) is 0 Å². The summed E-state index contributed by atoms with van der Waals surface area (Å²) in [4.78, 5) is 11.8. The van der Waals surface area contributed by atoms with Crippen LogP contribution in [0.2, 0.25) is 0 Å². The summed E-state index contributed by atoms with van der Waals surface area (Å²) in [6, 6.07) is 0. The second kappa shape index (κ2) is 4.53. The number of aromatic nitrogens is 3. The molecule has 0 N–H and O–H groups in total.